The van der Waals surface area contributed by atoms with E-state index < -0.39 is 6.10 Å². The van der Waals surface area contributed by atoms with Crippen LogP contribution in [0.1, 0.15) is 52.9 Å². The van der Waals surface area contributed by atoms with Gasteiger partial charge in [0.2, 0.25) is 0 Å². The highest BCUT2D eigenvalue weighted by molar-refractivity contribution is 5.75. The molecule has 134 valence electrons. The second-order valence-electron chi connectivity index (χ2n) is 8.69. The summed E-state index contributed by atoms with van der Waals surface area (Å²) in [6.07, 6.45) is 7.44. The Balaban J connectivity index is 1.96. The molecule has 24 heavy (non-hydrogen) atoms. The number of aliphatic hydroxyl groups is 1. The molecule has 0 spiro atoms. The topological polar surface area (TPSA) is 55.8 Å². The molecule has 2 saturated carbocycles. The van der Waals surface area contributed by atoms with Crippen molar-refractivity contribution in [1.29, 1.82) is 0 Å². The van der Waals surface area contributed by atoms with Crippen molar-refractivity contribution < 1.29 is 19.7 Å². The van der Waals surface area contributed by atoms with E-state index in [9.17, 15) is 9.90 Å². The predicted molar refractivity (Wildman–Crippen MR) is 92.1 cm³/mol. The normalized spacial score (nSPS) is 42.2. The maximum Gasteiger partial charge on any atom is 0.148 e. The third-order valence-electron chi connectivity index (χ3n) is 6.82. The summed E-state index contributed by atoms with van der Waals surface area (Å²) in [5, 5.41) is 9.33. The molecular weight excluding hydrogens is 304 g/mol. The maximum absolute atomic E-state index is 11.4. The monoisotopic (exact) mass is 334 g/mol. The van der Waals surface area contributed by atoms with Gasteiger partial charge in [-0.2, -0.15) is 0 Å². The van der Waals surface area contributed by atoms with E-state index in [1.165, 1.54) is 24.8 Å². The van der Waals surface area contributed by atoms with E-state index in [-0.39, 0.29) is 24.0 Å². The highest BCUT2D eigenvalue weighted by Gasteiger charge is 2.55. The quantitative estimate of drug-likeness (QED) is 0.487. The Morgan fingerprint density at radius 3 is 2.75 bits per heavy atom. The van der Waals surface area contributed by atoms with Gasteiger partial charge in [0.1, 0.15) is 18.5 Å². The summed E-state index contributed by atoms with van der Waals surface area (Å²) in [6, 6.07) is 0. The molecular formula is C20H30O4. The maximum atomic E-state index is 11.4. The number of fused-ring (bicyclic) bond motifs is 1. The van der Waals surface area contributed by atoms with Gasteiger partial charge >= 0.3 is 0 Å². The summed E-state index contributed by atoms with van der Waals surface area (Å²) in [6.45, 7) is 11.2. The summed E-state index contributed by atoms with van der Waals surface area (Å²) < 4.78 is 0. The zero-order valence-electron chi connectivity index (χ0n) is 15.1. The Kier molecular flexibility index (Phi) is 4.75. The molecule has 0 aromatic carbocycles. The minimum absolute atomic E-state index is 0.0989. The van der Waals surface area contributed by atoms with Crippen molar-refractivity contribution in [3.05, 3.63) is 23.8 Å². The van der Waals surface area contributed by atoms with Crippen LogP contribution < -0.4 is 0 Å². The zero-order chi connectivity index (χ0) is 17.5. The van der Waals surface area contributed by atoms with Crippen LogP contribution >= 0.6 is 0 Å². The lowest BCUT2D eigenvalue weighted by Crippen LogP contribution is -2.53. The van der Waals surface area contributed by atoms with Crippen LogP contribution in [0.5, 0.6) is 0 Å². The summed E-state index contributed by atoms with van der Waals surface area (Å²) in [5.41, 5.74) is 2.08. The third kappa shape index (κ3) is 2.79. The Morgan fingerprint density at radius 2 is 2.08 bits per heavy atom. The SMILES string of the molecule is C=C1CC[C@H]2C(C)(C)CCC[C@]2(C)C1[C@@H]1C=C(C=O)[C@H](CO)OO1. The number of hydrogen-bond donors (Lipinski definition) is 1. The average Bonchev–Trinajstić information content (AvgIpc) is 2.53. The highest BCUT2D eigenvalue weighted by Crippen LogP contribution is 2.62. The molecule has 1 unspecified atom stereocenters. The van der Waals surface area contributed by atoms with Crippen LogP contribution in [-0.4, -0.2) is 30.2 Å². The summed E-state index contributed by atoms with van der Waals surface area (Å²) in [5.74, 6) is 0.756. The van der Waals surface area contributed by atoms with E-state index in [0.29, 0.717) is 16.9 Å². The number of rotatable bonds is 3. The van der Waals surface area contributed by atoms with E-state index in [2.05, 4.69) is 27.4 Å². The average molecular weight is 334 g/mol. The number of hydrogen-bond acceptors (Lipinski definition) is 4. The standard InChI is InChI=1S/C20H30O4/c1-13-6-7-17-19(2,3)8-5-9-20(17,4)18(13)15-10-14(11-21)16(12-22)24-23-15/h10-11,15-18,22H,1,5-9,12H2,2-4H3/t15-,16-,17-,18?,20-/m0/s1. The van der Waals surface area contributed by atoms with Crippen LogP contribution in [0.3, 0.4) is 0 Å². The van der Waals surface area contributed by atoms with Crippen LogP contribution in [0.15, 0.2) is 23.8 Å². The first-order valence-corrected chi connectivity index (χ1v) is 9.11. The molecule has 3 aliphatic rings. The van der Waals surface area contributed by atoms with Crippen LogP contribution in [0.25, 0.3) is 0 Å². The molecule has 0 bridgehead atoms. The van der Waals surface area contributed by atoms with E-state index in [4.69, 9.17) is 9.78 Å². The van der Waals surface area contributed by atoms with Gasteiger partial charge in [-0.15, -0.1) is 0 Å². The Hall–Kier alpha value is -0.970. The lowest BCUT2D eigenvalue weighted by Gasteiger charge is -2.59. The van der Waals surface area contributed by atoms with Gasteiger partial charge in [-0.25, -0.2) is 9.78 Å². The van der Waals surface area contributed by atoms with Crippen molar-refractivity contribution in [1.82, 2.24) is 0 Å². The van der Waals surface area contributed by atoms with E-state index >= 15 is 0 Å². The fourth-order valence-corrected chi connectivity index (χ4v) is 5.73. The fraction of sp³-hybridized carbons (Fsp3) is 0.750. The Labute approximate surface area is 144 Å². The Morgan fingerprint density at radius 1 is 1.33 bits per heavy atom. The van der Waals surface area contributed by atoms with Crippen molar-refractivity contribution in [3.8, 4) is 0 Å². The molecule has 1 heterocycles. The second kappa shape index (κ2) is 6.40. The molecule has 3 rings (SSSR count). The van der Waals surface area contributed by atoms with Crippen molar-refractivity contribution in [2.75, 3.05) is 6.61 Å². The lowest BCUT2D eigenvalue weighted by molar-refractivity contribution is -0.358. The molecule has 4 nitrogen and oxygen atoms in total. The van der Waals surface area contributed by atoms with Crippen molar-refractivity contribution in [3.63, 3.8) is 0 Å². The van der Waals surface area contributed by atoms with Gasteiger partial charge in [0.05, 0.1) is 6.61 Å². The van der Waals surface area contributed by atoms with Gasteiger partial charge in [-0.1, -0.05) is 39.3 Å². The van der Waals surface area contributed by atoms with Crippen molar-refractivity contribution in [2.45, 2.75) is 65.1 Å². The molecule has 0 aromatic rings. The number of aliphatic hydroxyl groups excluding tert-OH is 1. The van der Waals surface area contributed by atoms with E-state index in [1.807, 2.05) is 6.08 Å². The Bertz CT molecular complexity index is 550. The molecule has 1 aliphatic heterocycles. The summed E-state index contributed by atoms with van der Waals surface area (Å²) in [4.78, 5) is 22.3. The number of aldehydes is 1. The van der Waals surface area contributed by atoms with E-state index in [0.717, 1.165) is 19.1 Å². The molecule has 4 heteroatoms. The molecule has 2 fully saturated rings. The van der Waals surface area contributed by atoms with Crippen LogP contribution in [0.4, 0.5) is 0 Å². The predicted octanol–water partition coefficient (Wildman–Crippen LogP) is 3.60. The van der Waals surface area contributed by atoms with Gasteiger partial charge in [-0.05, 0) is 48.5 Å². The minimum atomic E-state index is -0.679. The zero-order valence-corrected chi connectivity index (χ0v) is 15.1. The summed E-state index contributed by atoms with van der Waals surface area (Å²) in [7, 11) is 0. The van der Waals surface area contributed by atoms with Gasteiger partial charge in [0.15, 0.2) is 0 Å². The molecule has 2 aliphatic carbocycles. The molecule has 0 saturated heterocycles. The van der Waals surface area contributed by atoms with Crippen LogP contribution in [-0.2, 0) is 14.6 Å². The lowest BCUT2D eigenvalue weighted by atomic mass is 9.47. The molecule has 0 radical (unpaired) electrons. The highest BCUT2D eigenvalue weighted by atomic mass is 17.2. The third-order valence-corrected chi connectivity index (χ3v) is 6.82. The minimum Gasteiger partial charge on any atom is -0.393 e. The first-order chi connectivity index (χ1) is 11.3. The molecule has 0 aromatic heterocycles. The van der Waals surface area contributed by atoms with Crippen molar-refractivity contribution >= 4 is 6.29 Å². The molecule has 1 N–H and O–H groups in total. The van der Waals surface area contributed by atoms with Gasteiger partial charge in [-0.3, -0.25) is 4.79 Å². The smallest absolute Gasteiger partial charge is 0.148 e. The first kappa shape index (κ1) is 17.8. The largest absolute Gasteiger partial charge is 0.393 e. The van der Waals surface area contributed by atoms with Crippen molar-refractivity contribution in [2.24, 2.45) is 22.7 Å². The molecule has 0 amide bonds. The molecule has 5 atom stereocenters. The second-order valence-corrected chi connectivity index (χ2v) is 8.69. The number of carbonyl (C=O) groups is 1. The van der Waals surface area contributed by atoms with E-state index in [1.54, 1.807) is 0 Å². The number of carbonyl (C=O) groups excluding carboxylic acids is 1. The summed E-state index contributed by atoms with van der Waals surface area (Å²) >= 11 is 0. The van der Waals surface area contributed by atoms with Gasteiger partial charge in [0.25, 0.3) is 0 Å². The van der Waals surface area contributed by atoms with Crippen LogP contribution in [0, 0.1) is 22.7 Å². The van der Waals surface area contributed by atoms with Crippen LogP contribution in [0.2, 0.25) is 0 Å². The fourth-order valence-electron chi connectivity index (χ4n) is 5.73. The first-order valence-electron chi connectivity index (χ1n) is 9.11. The van der Waals surface area contributed by atoms with Gasteiger partial charge < -0.3 is 5.11 Å². The van der Waals surface area contributed by atoms with Gasteiger partial charge in [0, 0.05) is 11.5 Å².